The third kappa shape index (κ3) is 2.81. The molecule has 0 aliphatic rings. The maximum atomic E-state index is 10.9. The second kappa shape index (κ2) is 5.67. The van der Waals surface area contributed by atoms with Gasteiger partial charge in [-0.15, -0.1) is 0 Å². The molecule has 0 aliphatic heterocycles. The van der Waals surface area contributed by atoms with E-state index in [0.717, 1.165) is 15.9 Å². The van der Waals surface area contributed by atoms with Crippen LogP contribution in [0.2, 0.25) is 5.02 Å². The van der Waals surface area contributed by atoms with Crippen LogP contribution >= 0.6 is 23.4 Å². The van der Waals surface area contributed by atoms with E-state index in [1.165, 1.54) is 30.4 Å². The molecule has 5 nitrogen and oxygen atoms in total. The Bertz CT molecular complexity index is 836. The van der Waals surface area contributed by atoms with E-state index in [-0.39, 0.29) is 10.6 Å². The van der Waals surface area contributed by atoms with E-state index < -0.39 is 5.97 Å². The molecule has 1 aromatic carbocycles. The summed E-state index contributed by atoms with van der Waals surface area (Å²) in [7, 11) is 0. The van der Waals surface area contributed by atoms with Crippen molar-refractivity contribution < 1.29 is 9.90 Å². The van der Waals surface area contributed by atoms with Crippen LogP contribution in [0.15, 0.2) is 52.9 Å². The van der Waals surface area contributed by atoms with E-state index >= 15 is 0 Å². The largest absolute Gasteiger partial charge is 0.478 e. The second-order valence-corrected chi connectivity index (χ2v) is 5.50. The predicted octanol–water partition coefficient (Wildman–Crippen LogP) is 3.53. The number of nitrogens with zero attached hydrogens (tertiary/aromatic N) is 3. The SMILES string of the molecule is O=C(O)c1cnc(Sc2ncnc3ccccc23)c(Cl)c1. The van der Waals surface area contributed by atoms with Crippen molar-refractivity contribution in [2.45, 2.75) is 10.1 Å². The highest BCUT2D eigenvalue weighted by atomic mass is 35.5. The Morgan fingerprint density at radius 2 is 1.95 bits per heavy atom. The molecular formula is C14H8ClN3O2S. The Morgan fingerprint density at radius 3 is 2.71 bits per heavy atom. The van der Waals surface area contributed by atoms with Gasteiger partial charge in [0.25, 0.3) is 0 Å². The molecule has 0 bridgehead atoms. The zero-order valence-electron chi connectivity index (χ0n) is 10.5. The molecule has 0 atom stereocenters. The average Bonchev–Trinajstić information content (AvgIpc) is 2.49. The lowest BCUT2D eigenvalue weighted by Crippen LogP contribution is -1.98. The van der Waals surface area contributed by atoms with Crippen molar-refractivity contribution in [3.05, 3.63) is 53.4 Å². The minimum absolute atomic E-state index is 0.0527. The first kappa shape index (κ1) is 13.8. The smallest absolute Gasteiger partial charge is 0.337 e. The molecule has 3 rings (SSSR count). The number of carboxylic acid groups (broad SMARTS) is 1. The average molecular weight is 318 g/mol. The number of benzene rings is 1. The minimum Gasteiger partial charge on any atom is -0.478 e. The normalized spacial score (nSPS) is 10.7. The number of aromatic nitrogens is 3. The Kier molecular flexibility index (Phi) is 3.72. The Morgan fingerprint density at radius 1 is 1.14 bits per heavy atom. The van der Waals surface area contributed by atoms with Crippen LogP contribution in [0, 0.1) is 0 Å². The summed E-state index contributed by atoms with van der Waals surface area (Å²) in [5, 5.41) is 11.3. The summed E-state index contributed by atoms with van der Waals surface area (Å²) in [6.45, 7) is 0. The highest BCUT2D eigenvalue weighted by Gasteiger charge is 2.12. The van der Waals surface area contributed by atoms with E-state index in [2.05, 4.69) is 15.0 Å². The molecule has 0 amide bonds. The van der Waals surface area contributed by atoms with Crippen molar-refractivity contribution in [2.24, 2.45) is 0 Å². The fraction of sp³-hybridized carbons (Fsp3) is 0. The van der Waals surface area contributed by atoms with Gasteiger partial charge in [0, 0.05) is 11.6 Å². The zero-order chi connectivity index (χ0) is 14.8. The van der Waals surface area contributed by atoms with Gasteiger partial charge >= 0.3 is 5.97 Å². The third-order valence-electron chi connectivity index (χ3n) is 2.75. The van der Waals surface area contributed by atoms with E-state index in [9.17, 15) is 4.79 Å². The van der Waals surface area contributed by atoms with Crippen LogP contribution in [-0.2, 0) is 0 Å². The topological polar surface area (TPSA) is 76.0 Å². The lowest BCUT2D eigenvalue weighted by Gasteiger charge is -2.06. The van der Waals surface area contributed by atoms with Crippen molar-refractivity contribution >= 4 is 40.2 Å². The molecule has 0 spiro atoms. The summed E-state index contributed by atoms with van der Waals surface area (Å²) in [6, 6.07) is 8.98. The number of aromatic carboxylic acids is 1. The number of carbonyl (C=O) groups is 1. The second-order valence-electron chi connectivity index (χ2n) is 4.11. The van der Waals surface area contributed by atoms with Crippen molar-refractivity contribution in [3.8, 4) is 0 Å². The fourth-order valence-electron chi connectivity index (χ4n) is 1.77. The van der Waals surface area contributed by atoms with Crippen molar-refractivity contribution in [1.82, 2.24) is 15.0 Å². The predicted molar refractivity (Wildman–Crippen MR) is 79.9 cm³/mol. The summed E-state index contributed by atoms with van der Waals surface area (Å²) < 4.78 is 0. The summed E-state index contributed by atoms with van der Waals surface area (Å²) in [4.78, 5) is 23.4. The summed E-state index contributed by atoms with van der Waals surface area (Å²) in [6.07, 6.45) is 2.75. The maximum absolute atomic E-state index is 10.9. The van der Waals surface area contributed by atoms with Crippen LogP contribution in [0.25, 0.3) is 10.9 Å². The quantitative estimate of drug-likeness (QED) is 0.745. The Hall–Kier alpha value is -2.18. The molecule has 2 aromatic heterocycles. The van der Waals surface area contributed by atoms with E-state index in [0.29, 0.717) is 5.03 Å². The minimum atomic E-state index is -1.06. The number of hydrogen-bond acceptors (Lipinski definition) is 5. The monoisotopic (exact) mass is 317 g/mol. The lowest BCUT2D eigenvalue weighted by molar-refractivity contribution is 0.0696. The Labute approximate surface area is 129 Å². The molecule has 104 valence electrons. The number of carboxylic acids is 1. The molecule has 0 saturated carbocycles. The molecule has 2 heterocycles. The van der Waals surface area contributed by atoms with Gasteiger partial charge in [-0.25, -0.2) is 19.7 Å². The first-order chi connectivity index (χ1) is 10.1. The molecule has 0 aliphatic carbocycles. The van der Waals surface area contributed by atoms with Crippen LogP contribution in [0.4, 0.5) is 0 Å². The van der Waals surface area contributed by atoms with Gasteiger partial charge in [-0.05, 0) is 23.9 Å². The van der Waals surface area contributed by atoms with Crippen molar-refractivity contribution in [3.63, 3.8) is 0 Å². The molecule has 0 fully saturated rings. The van der Waals surface area contributed by atoms with E-state index in [1.807, 2.05) is 24.3 Å². The molecule has 21 heavy (non-hydrogen) atoms. The molecule has 0 unspecified atom stereocenters. The van der Waals surface area contributed by atoms with Gasteiger partial charge in [0.2, 0.25) is 0 Å². The standard InChI is InChI=1S/C14H8ClN3O2S/c15-10-5-8(14(19)20)6-16-13(10)21-12-9-3-1-2-4-11(9)17-7-18-12/h1-7H,(H,19,20). The van der Waals surface area contributed by atoms with Crippen LogP contribution in [0.3, 0.4) is 0 Å². The summed E-state index contributed by atoms with van der Waals surface area (Å²) in [5.74, 6) is -1.06. The molecule has 0 radical (unpaired) electrons. The molecule has 0 saturated heterocycles. The van der Waals surface area contributed by atoms with Gasteiger partial charge in [0.15, 0.2) is 0 Å². The number of hydrogen-bond donors (Lipinski definition) is 1. The van der Waals surface area contributed by atoms with Crippen LogP contribution in [0.1, 0.15) is 10.4 Å². The molecule has 7 heteroatoms. The van der Waals surface area contributed by atoms with Gasteiger partial charge in [0.05, 0.1) is 16.1 Å². The first-order valence-corrected chi connectivity index (χ1v) is 7.11. The number of rotatable bonds is 3. The van der Waals surface area contributed by atoms with Crippen molar-refractivity contribution in [2.75, 3.05) is 0 Å². The van der Waals surface area contributed by atoms with Gasteiger partial charge in [-0.2, -0.15) is 0 Å². The number of fused-ring (bicyclic) bond motifs is 1. The maximum Gasteiger partial charge on any atom is 0.337 e. The van der Waals surface area contributed by atoms with E-state index in [4.69, 9.17) is 16.7 Å². The van der Waals surface area contributed by atoms with Gasteiger partial charge < -0.3 is 5.11 Å². The van der Waals surface area contributed by atoms with Gasteiger partial charge in [0.1, 0.15) is 16.4 Å². The Balaban J connectivity index is 2.01. The van der Waals surface area contributed by atoms with Crippen molar-refractivity contribution in [1.29, 1.82) is 0 Å². The van der Waals surface area contributed by atoms with Crippen LogP contribution in [0.5, 0.6) is 0 Å². The van der Waals surface area contributed by atoms with Gasteiger partial charge in [-0.1, -0.05) is 29.8 Å². The fourth-order valence-corrected chi connectivity index (χ4v) is 2.88. The first-order valence-electron chi connectivity index (χ1n) is 5.91. The molecule has 3 aromatic rings. The summed E-state index contributed by atoms with van der Waals surface area (Å²) in [5.41, 5.74) is 0.880. The highest BCUT2D eigenvalue weighted by molar-refractivity contribution is 7.99. The van der Waals surface area contributed by atoms with Crippen LogP contribution < -0.4 is 0 Å². The lowest BCUT2D eigenvalue weighted by atomic mass is 10.2. The number of halogens is 1. The highest BCUT2D eigenvalue weighted by Crippen LogP contribution is 2.33. The molecule has 1 N–H and O–H groups in total. The number of para-hydroxylation sites is 1. The van der Waals surface area contributed by atoms with Gasteiger partial charge in [-0.3, -0.25) is 0 Å². The van der Waals surface area contributed by atoms with Crippen LogP contribution in [-0.4, -0.2) is 26.0 Å². The van der Waals surface area contributed by atoms with E-state index in [1.54, 1.807) is 0 Å². The number of pyridine rings is 1. The summed E-state index contributed by atoms with van der Waals surface area (Å²) >= 11 is 7.36. The molecular weight excluding hydrogens is 310 g/mol. The zero-order valence-corrected chi connectivity index (χ0v) is 12.1. The third-order valence-corrected chi connectivity index (χ3v) is 4.19.